The van der Waals surface area contributed by atoms with Crippen LogP contribution in [-0.4, -0.2) is 16.8 Å². The van der Waals surface area contributed by atoms with Crippen LogP contribution in [0.3, 0.4) is 0 Å². The van der Waals surface area contributed by atoms with Crippen molar-refractivity contribution in [2.24, 2.45) is 5.92 Å². The predicted molar refractivity (Wildman–Crippen MR) is 90.0 cm³/mol. The summed E-state index contributed by atoms with van der Waals surface area (Å²) in [7, 11) is 0. The second-order valence-corrected chi connectivity index (χ2v) is 6.39. The van der Waals surface area contributed by atoms with Crippen molar-refractivity contribution in [2.45, 2.75) is 25.3 Å². The van der Waals surface area contributed by atoms with Crippen molar-refractivity contribution in [1.82, 2.24) is 4.98 Å². The van der Waals surface area contributed by atoms with Crippen molar-refractivity contribution in [1.29, 1.82) is 0 Å². The minimum absolute atomic E-state index is 0.210. The van der Waals surface area contributed by atoms with Gasteiger partial charge in [0.2, 0.25) is 0 Å². The first-order valence-corrected chi connectivity index (χ1v) is 8.17. The minimum Gasteiger partial charge on any atom is -0.444 e. The molecule has 0 aliphatic rings. The number of carbonyl (C=O) groups is 1. The lowest BCUT2D eigenvalue weighted by Crippen LogP contribution is -2.13. The molecule has 0 saturated heterocycles. The molecule has 1 aromatic carbocycles. The van der Waals surface area contributed by atoms with Crippen LogP contribution in [0.25, 0.3) is 0 Å². The van der Waals surface area contributed by atoms with Crippen molar-refractivity contribution >= 4 is 23.5 Å². The van der Waals surface area contributed by atoms with Crippen molar-refractivity contribution < 1.29 is 9.53 Å². The predicted octanol–water partition coefficient (Wildman–Crippen LogP) is 4.58. The van der Waals surface area contributed by atoms with Gasteiger partial charge in [-0.3, -0.25) is 10.3 Å². The molecule has 2 rings (SSSR count). The summed E-state index contributed by atoms with van der Waals surface area (Å²) in [4.78, 5) is 16.9. The van der Waals surface area contributed by atoms with Gasteiger partial charge in [-0.25, -0.2) is 4.79 Å². The van der Waals surface area contributed by atoms with Gasteiger partial charge in [0, 0.05) is 34.3 Å². The fraction of sp³-hybridized carbons (Fsp3) is 0.294. The number of hydrogen-bond acceptors (Lipinski definition) is 4. The zero-order valence-electron chi connectivity index (χ0n) is 12.8. The molecule has 0 saturated carbocycles. The van der Waals surface area contributed by atoms with E-state index in [1.54, 1.807) is 12.4 Å². The summed E-state index contributed by atoms with van der Waals surface area (Å²) < 4.78 is 5.15. The van der Waals surface area contributed by atoms with Crippen LogP contribution in [0.15, 0.2) is 53.7 Å². The number of ether oxygens (including phenoxy) is 1. The van der Waals surface area contributed by atoms with Crippen molar-refractivity contribution in [2.75, 3.05) is 11.1 Å². The molecule has 0 aliphatic heterocycles. The van der Waals surface area contributed by atoms with Crippen molar-refractivity contribution in [3.63, 3.8) is 0 Å². The van der Waals surface area contributed by atoms with Crippen LogP contribution in [-0.2, 0) is 11.3 Å². The van der Waals surface area contributed by atoms with Gasteiger partial charge >= 0.3 is 6.09 Å². The monoisotopic (exact) mass is 316 g/mol. The molecule has 0 bridgehead atoms. The number of rotatable bonds is 6. The maximum atomic E-state index is 11.7. The molecule has 1 N–H and O–H groups in total. The molecule has 0 unspecified atom stereocenters. The van der Waals surface area contributed by atoms with Crippen LogP contribution in [0.2, 0.25) is 0 Å². The lowest BCUT2D eigenvalue weighted by molar-refractivity contribution is 0.155. The Morgan fingerprint density at radius 3 is 2.68 bits per heavy atom. The number of benzene rings is 1. The quantitative estimate of drug-likeness (QED) is 0.793. The molecular formula is C17H20N2O2S. The van der Waals surface area contributed by atoms with Gasteiger partial charge in [-0.1, -0.05) is 19.9 Å². The molecule has 2 aromatic rings. The normalized spacial score (nSPS) is 10.5. The summed E-state index contributed by atoms with van der Waals surface area (Å²) in [6.45, 7) is 4.60. The third kappa shape index (κ3) is 5.77. The van der Waals surface area contributed by atoms with Gasteiger partial charge < -0.3 is 4.74 Å². The molecule has 4 nitrogen and oxygen atoms in total. The number of pyridine rings is 1. The molecule has 0 radical (unpaired) electrons. The first-order chi connectivity index (χ1) is 10.6. The molecule has 0 aliphatic carbocycles. The van der Waals surface area contributed by atoms with Crippen molar-refractivity contribution in [3.05, 3.63) is 54.4 Å². The summed E-state index contributed by atoms with van der Waals surface area (Å²) in [5, 5.41) is 2.71. The molecule has 1 amide bonds. The summed E-state index contributed by atoms with van der Waals surface area (Å²) in [6, 6.07) is 11.4. The van der Waals surface area contributed by atoms with Gasteiger partial charge in [-0.2, -0.15) is 0 Å². The van der Waals surface area contributed by atoms with Gasteiger partial charge in [0.05, 0.1) is 0 Å². The lowest BCUT2D eigenvalue weighted by Gasteiger charge is -2.08. The molecule has 22 heavy (non-hydrogen) atoms. The first kappa shape index (κ1) is 16.4. The van der Waals surface area contributed by atoms with Crippen molar-refractivity contribution in [3.8, 4) is 0 Å². The summed E-state index contributed by atoms with van der Waals surface area (Å²) >= 11 is 1.81. The van der Waals surface area contributed by atoms with E-state index in [2.05, 4.69) is 24.1 Å². The Morgan fingerprint density at radius 2 is 2.05 bits per heavy atom. The Bertz CT molecular complexity index is 585. The average Bonchev–Trinajstić information content (AvgIpc) is 2.53. The molecule has 1 aromatic heterocycles. The highest BCUT2D eigenvalue weighted by Gasteiger charge is 2.04. The lowest BCUT2D eigenvalue weighted by atomic mass is 10.3. The Labute approximate surface area is 135 Å². The number of aromatic nitrogens is 1. The molecule has 0 spiro atoms. The second kappa shape index (κ2) is 8.44. The second-order valence-electron chi connectivity index (χ2n) is 5.29. The number of nitrogens with zero attached hydrogens (tertiary/aromatic N) is 1. The number of carbonyl (C=O) groups excluding carboxylic acids is 1. The number of nitrogens with one attached hydrogen (secondary N) is 1. The fourth-order valence-corrected chi connectivity index (χ4v) is 2.54. The summed E-state index contributed by atoms with van der Waals surface area (Å²) in [6.07, 6.45) is 2.89. The highest BCUT2D eigenvalue weighted by atomic mass is 32.2. The van der Waals surface area contributed by atoms with Gasteiger partial charge in [-0.15, -0.1) is 11.8 Å². The first-order valence-electron chi connectivity index (χ1n) is 7.19. The third-order valence-electron chi connectivity index (χ3n) is 2.78. The molecule has 1 heterocycles. The van der Waals surface area contributed by atoms with Gasteiger partial charge in [-0.05, 0) is 36.2 Å². The van der Waals surface area contributed by atoms with E-state index in [9.17, 15) is 4.79 Å². The maximum absolute atomic E-state index is 11.7. The van der Waals surface area contributed by atoms with Crippen LogP contribution in [0.1, 0.15) is 19.4 Å². The number of thioether (sulfide) groups is 1. The van der Waals surface area contributed by atoms with E-state index in [-0.39, 0.29) is 6.61 Å². The van der Waals surface area contributed by atoms with E-state index in [0.29, 0.717) is 5.92 Å². The Hall–Kier alpha value is -2.01. The van der Waals surface area contributed by atoms with E-state index in [1.165, 1.54) is 4.90 Å². The number of anilines is 1. The maximum Gasteiger partial charge on any atom is 0.411 e. The van der Waals surface area contributed by atoms with E-state index in [1.807, 2.05) is 48.2 Å². The molecule has 0 atom stereocenters. The Morgan fingerprint density at radius 1 is 1.27 bits per heavy atom. The van der Waals surface area contributed by atoms with E-state index in [4.69, 9.17) is 4.74 Å². The standard InChI is InChI=1S/C17H20N2O2S/c1-13(2)12-22-16-7-5-15(6-8-16)19-17(20)21-11-14-4-3-9-18-10-14/h3-10,13H,11-12H2,1-2H3,(H,19,20). The minimum atomic E-state index is -0.466. The van der Waals surface area contributed by atoms with Crippen LogP contribution in [0, 0.1) is 5.92 Å². The van der Waals surface area contributed by atoms with Crippen LogP contribution < -0.4 is 5.32 Å². The fourth-order valence-electron chi connectivity index (χ4n) is 1.68. The van der Waals surface area contributed by atoms with Crippen LogP contribution in [0.5, 0.6) is 0 Å². The van der Waals surface area contributed by atoms with Crippen LogP contribution in [0.4, 0.5) is 10.5 Å². The third-order valence-corrected chi connectivity index (χ3v) is 4.22. The van der Waals surface area contributed by atoms with Gasteiger partial charge in [0.25, 0.3) is 0 Å². The number of amides is 1. The molecule has 0 fully saturated rings. The topological polar surface area (TPSA) is 51.2 Å². The van der Waals surface area contributed by atoms with E-state index >= 15 is 0 Å². The van der Waals surface area contributed by atoms with E-state index in [0.717, 1.165) is 17.0 Å². The Kier molecular flexibility index (Phi) is 6.27. The Balaban J connectivity index is 1.79. The largest absolute Gasteiger partial charge is 0.444 e. The zero-order valence-corrected chi connectivity index (χ0v) is 13.6. The van der Waals surface area contributed by atoms with E-state index < -0.39 is 6.09 Å². The SMILES string of the molecule is CC(C)CSc1ccc(NC(=O)OCc2cccnc2)cc1. The molecular weight excluding hydrogens is 296 g/mol. The zero-order chi connectivity index (χ0) is 15.8. The van der Waals surface area contributed by atoms with Gasteiger partial charge in [0.15, 0.2) is 0 Å². The number of hydrogen-bond donors (Lipinski definition) is 1. The van der Waals surface area contributed by atoms with Crippen LogP contribution >= 0.6 is 11.8 Å². The average molecular weight is 316 g/mol. The smallest absolute Gasteiger partial charge is 0.411 e. The molecule has 5 heteroatoms. The highest BCUT2D eigenvalue weighted by Crippen LogP contribution is 2.22. The highest BCUT2D eigenvalue weighted by molar-refractivity contribution is 7.99. The summed E-state index contributed by atoms with van der Waals surface area (Å²) in [5.41, 5.74) is 1.59. The molecule has 116 valence electrons. The summed E-state index contributed by atoms with van der Waals surface area (Å²) in [5.74, 6) is 1.74. The van der Waals surface area contributed by atoms with Gasteiger partial charge in [0.1, 0.15) is 6.61 Å².